The van der Waals surface area contributed by atoms with Gasteiger partial charge in [-0.25, -0.2) is 13.4 Å². The number of hydrogen-bond donors (Lipinski definition) is 1. The molecule has 0 unspecified atom stereocenters. The normalized spacial score (nSPS) is 11.5. The Balaban J connectivity index is 1.57. The van der Waals surface area contributed by atoms with Crippen molar-refractivity contribution in [2.45, 2.75) is 11.8 Å². The first-order valence-electron chi connectivity index (χ1n) is 8.89. The van der Waals surface area contributed by atoms with Crippen molar-refractivity contribution >= 4 is 32.5 Å². The summed E-state index contributed by atoms with van der Waals surface area (Å²) in [6.07, 6.45) is 1.13. The molecule has 0 saturated carbocycles. The number of nitrogens with zero attached hydrogens (tertiary/aromatic N) is 1. The van der Waals surface area contributed by atoms with Crippen LogP contribution in [0.3, 0.4) is 0 Å². The third kappa shape index (κ3) is 4.05. The minimum atomic E-state index is -3.30. The molecule has 29 heavy (non-hydrogen) atoms. The van der Waals surface area contributed by atoms with Crippen LogP contribution in [-0.2, 0) is 9.84 Å². The smallest absolute Gasteiger partial charge is 0.255 e. The largest absolute Gasteiger partial charge is 0.436 e. The summed E-state index contributed by atoms with van der Waals surface area (Å²) in [5.41, 5.74) is 4.26. The first-order valence-corrected chi connectivity index (χ1v) is 10.8. The molecule has 1 N–H and O–H groups in total. The first-order chi connectivity index (χ1) is 13.8. The summed E-state index contributed by atoms with van der Waals surface area (Å²) in [5, 5.41) is 2.81. The molecular weight excluding hydrogens is 388 g/mol. The zero-order valence-electron chi connectivity index (χ0n) is 15.8. The molecule has 0 radical (unpaired) electrons. The number of anilines is 1. The fourth-order valence-corrected chi connectivity index (χ4v) is 3.58. The van der Waals surface area contributed by atoms with Crippen LogP contribution in [0.25, 0.3) is 22.6 Å². The Morgan fingerprint density at radius 2 is 1.76 bits per heavy atom. The number of benzene rings is 3. The van der Waals surface area contributed by atoms with Crippen molar-refractivity contribution in [3.8, 4) is 11.5 Å². The molecule has 0 spiro atoms. The van der Waals surface area contributed by atoms with Crippen molar-refractivity contribution in [1.29, 1.82) is 0 Å². The van der Waals surface area contributed by atoms with Gasteiger partial charge in [-0.2, -0.15) is 0 Å². The average Bonchev–Trinajstić information content (AvgIpc) is 3.11. The summed E-state index contributed by atoms with van der Waals surface area (Å²) in [6.45, 7) is 1.99. The number of hydrogen-bond acceptors (Lipinski definition) is 5. The predicted octanol–water partition coefficient (Wildman–Crippen LogP) is 4.46. The minimum Gasteiger partial charge on any atom is -0.436 e. The summed E-state index contributed by atoms with van der Waals surface area (Å²) < 4.78 is 28.9. The van der Waals surface area contributed by atoms with Gasteiger partial charge >= 0.3 is 0 Å². The van der Waals surface area contributed by atoms with Crippen molar-refractivity contribution in [2.24, 2.45) is 0 Å². The molecule has 6 nitrogen and oxygen atoms in total. The Morgan fingerprint density at radius 1 is 1.00 bits per heavy atom. The molecule has 1 amide bonds. The van der Waals surface area contributed by atoms with Gasteiger partial charge in [-0.15, -0.1) is 0 Å². The molecule has 1 aromatic heterocycles. The second kappa shape index (κ2) is 7.18. The van der Waals surface area contributed by atoms with Crippen LogP contribution in [0.4, 0.5) is 5.69 Å². The summed E-state index contributed by atoms with van der Waals surface area (Å²) >= 11 is 0. The van der Waals surface area contributed by atoms with Crippen molar-refractivity contribution in [3.63, 3.8) is 0 Å². The van der Waals surface area contributed by atoms with Crippen molar-refractivity contribution in [1.82, 2.24) is 4.98 Å². The highest BCUT2D eigenvalue weighted by Gasteiger charge is 2.12. The monoisotopic (exact) mass is 406 g/mol. The van der Waals surface area contributed by atoms with Crippen LogP contribution in [0.2, 0.25) is 0 Å². The molecule has 0 aliphatic rings. The molecular formula is C22H18N2O4S. The van der Waals surface area contributed by atoms with Crippen LogP contribution in [0.1, 0.15) is 15.9 Å². The lowest BCUT2D eigenvalue weighted by Crippen LogP contribution is -2.12. The maximum absolute atomic E-state index is 12.5. The van der Waals surface area contributed by atoms with E-state index in [-0.39, 0.29) is 10.8 Å². The summed E-state index contributed by atoms with van der Waals surface area (Å²) in [4.78, 5) is 17.2. The van der Waals surface area contributed by atoms with E-state index in [9.17, 15) is 13.2 Å². The van der Waals surface area contributed by atoms with E-state index in [0.717, 1.165) is 22.9 Å². The molecule has 7 heteroatoms. The number of nitrogens with one attached hydrogen (secondary N) is 1. The zero-order valence-corrected chi connectivity index (χ0v) is 16.7. The van der Waals surface area contributed by atoms with Crippen LogP contribution < -0.4 is 5.32 Å². The van der Waals surface area contributed by atoms with Gasteiger partial charge in [-0.3, -0.25) is 4.79 Å². The fourth-order valence-electron chi connectivity index (χ4n) is 2.95. The lowest BCUT2D eigenvalue weighted by atomic mass is 10.1. The molecule has 1 heterocycles. The maximum atomic E-state index is 12.5. The Kier molecular flexibility index (Phi) is 4.68. The number of aromatic nitrogens is 1. The van der Waals surface area contributed by atoms with Gasteiger partial charge in [-0.1, -0.05) is 12.1 Å². The maximum Gasteiger partial charge on any atom is 0.255 e. The second-order valence-electron chi connectivity index (χ2n) is 6.82. The highest BCUT2D eigenvalue weighted by molar-refractivity contribution is 7.90. The molecule has 0 atom stereocenters. The van der Waals surface area contributed by atoms with E-state index < -0.39 is 9.84 Å². The number of amides is 1. The van der Waals surface area contributed by atoms with E-state index in [1.165, 1.54) is 24.3 Å². The number of fused-ring (bicyclic) bond motifs is 1. The van der Waals surface area contributed by atoms with Crippen LogP contribution in [0.5, 0.6) is 0 Å². The lowest BCUT2D eigenvalue weighted by molar-refractivity contribution is 0.102. The third-order valence-electron chi connectivity index (χ3n) is 4.46. The fraction of sp³-hybridized carbons (Fsp3) is 0.0909. The van der Waals surface area contributed by atoms with Crippen molar-refractivity contribution < 1.29 is 17.6 Å². The van der Waals surface area contributed by atoms with Gasteiger partial charge in [-0.05, 0) is 67.1 Å². The van der Waals surface area contributed by atoms with Crippen LogP contribution in [0.15, 0.2) is 76.0 Å². The first kappa shape index (κ1) is 18.9. The van der Waals surface area contributed by atoms with E-state index in [1.54, 1.807) is 18.2 Å². The van der Waals surface area contributed by atoms with Gasteiger partial charge in [0, 0.05) is 23.1 Å². The van der Waals surface area contributed by atoms with Crippen molar-refractivity contribution in [2.75, 3.05) is 11.6 Å². The number of carbonyl (C=O) groups excluding carboxylic acids is 1. The summed E-state index contributed by atoms with van der Waals surface area (Å²) in [5.74, 6) is 0.134. The summed E-state index contributed by atoms with van der Waals surface area (Å²) in [6, 6.07) is 18.8. The molecule has 0 aliphatic heterocycles. The Hall–Kier alpha value is -3.45. The molecule has 4 aromatic rings. The van der Waals surface area contributed by atoms with E-state index in [2.05, 4.69) is 10.3 Å². The standard InChI is InChI=1S/C22H18N2O4S/c1-14-6-11-20-19(12-14)24-22(28-20)16-4-3-5-17(13-16)23-21(25)15-7-9-18(10-8-15)29(2,26)27/h3-13H,1-2H3,(H,23,25). The van der Waals surface area contributed by atoms with E-state index in [4.69, 9.17) is 4.42 Å². The molecule has 146 valence electrons. The Morgan fingerprint density at radius 3 is 2.48 bits per heavy atom. The highest BCUT2D eigenvalue weighted by atomic mass is 32.2. The van der Waals surface area contributed by atoms with Gasteiger partial charge in [0.05, 0.1) is 4.90 Å². The number of sulfone groups is 1. The Bertz CT molecular complexity index is 1320. The van der Waals surface area contributed by atoms with E-state index >= 15 is 0 Å². The number of rotatable bonds is 4. The quantitative estimate of drug-likeness (QED) is 0.540. The molecule has 3 aromatic carbocycles. The lowest BCUT2D eigenvalue weighted by Gasteiger charge is -2.07. The van der Waals surface area contributed by atoms with Gasteiger partial charge < -0.3 is 9.73 Å². The van der Waals surface area contributed by atoms with Crippen molar-refractivity contribution in [3.05, 3.63) is 77.9 Å². The number of carbonyl (C=O) groups is 1. The SMILES string of the molecule is Cc1ccc2oc(-c3cccc(NC(=O)c4ccc(S(C)(=O)=O)cc4)c3)nc2c1. The molecule has 0 aliphatic carbocycles. The molecule has 0 saturated heterocycles. The molecule has 4 rings (SSSR count). The minimum absolute atomic E-state index is 0.169. The average molecular weight is 406 g/mol. The topological polar surface area (TPSA) is 89.3 Å². The number of aryl methyl sites for hydroxylation is 1. The predicted molar refractivity (Wildman–Crippen MR) is 112 cm³/mol. The van der Waals surface area contributed by atoms with Gasteiger partial charge in [0.2, 0.25) is 5.89 Å². The van der Waals surface area contributed by atoms with Gasteiger partial charge in [0.1, 0.15) is 5.52 Å². The second-order valence-corrected chi connectivity index (χ2v) is 8.84. The van der Waals surface area contributed by atoms with E-state index in [1.807, 2.05) is 31.2 Å². The molecule has 0 fully saturated rings. The van der Waals surface area contributed by atoms with Crippen LogP contribution >= 0.6 is 0 Å². The van der Waals surface area contributed by atoms with Gasteiger partial charge in [0.15, 0.2) is 15.4 Å². The zero-order chi connectivity index (χ0) is 20.6. The summed E-state index contributed by atoms with van der Waals surface area (Å²) in [7, 11) is -3.30. The third-order valence-corrected chi connectivity index (χ3v) is 5.58. The Labute approximate surface area is 168 Å². The van der Waals surface area contributed by atoms with Crippen LogP contribution in [-0.4, -0.2) is 25.6 Å². The highest BCUT2D eigenvalue weighted by Crippen LogP contribution is 2.27. The van der Waals surface area contributed by atoms with Crippen LogP contribution in [0, 0.1) is 6.92 Å². The number of oxazole rings is 1. The molecule has 0 bridgehead atoms. The van der Waals surface area contributed by atoms with E-state index in [0.29, 0.717) is 22.7 Å². The van der Waals surface area contributed by atoms with Gasteiger partial charge in [0.25, 0.3) is 5.91 Å².